The highest BCUT2D eigenvalue weighted by molar-refractivity contribution is 7.92. The van der Waals surface area contributed by atoms with Crippen molar-refractivity contribution in [2.75, 3.05) is 16.2 Å². The number of rotatable bonds is 5. The number of hydrogen-bond donors (Lipinski definition) is 1. The van der Waals surface area contributed by atoms with Crippen LogP contribution in [0.1, 0.15) is 41.0 Å². The van der Waals surface area contributed by atoms with E-state index in [4.69, 9.17) is 0 Å². The molecule has 188 valence electrons. The first-order valence-electron chi connectivity index (χ1n) is 12.6. The zero-order chi connectivity index (χ0) is 25.4. The van der Waals surface area contributed by atoms with E-state index in [1.54, 1.807) is 12.1 Å². The van der Waals surface area contributed by atoms with Crippen molar-refractivity contribution < 1.29 is 13.2 Å². The molecule has 3 aromatic carbocycles. The number of hydrogen-bond acceptors (Lipinski definition) is 5. The number of aromatic nitrogens is 3. The maximum Gasteiger partial charge on any atom is 0.264 e. The van der Waals surface area contributed by atoms with Crippen LogP contribution in [-0.4, -0.2) is 35.6 Å². The average molecular weight is 514 g/mol. The quantitative estimate of drug-likeness (QED) is 0.418. The number of aryl methyl sites for hydroxylation is 1. The van der Waals surface area contributed by atoms with E-state index < -0.39 is 10.0 Å². The molecular weight excluding hydrogens is 486 g/mol. The Labute approximate surface area is 216 Å². The van der Waals surface area contributed by atoms with E-state index in [0.29, 0.717) is 24.3 Å². The minimum atomic E-state index is -3.78. The molecule has 2 aliphatic rings. The van der Waals surface area contributed by atoms with Gasteiger partial charge >= 0.3 is 0 Å². The summed E-state index contributed by atoms with van der Waals surface area (Å²) in [6, 6.07) is 21.2. The maximum atomic E-state index is 13.4. The number of carbonyl (C=O) groups excluding carboxylic acids is 1. The van der Waals surface area contributed by atoms with Gasteiger partial charge in [0.05, 0.1) is 10.6 Å². The summed E-state index contributed by atoms with van der Waals surface area (Å²) in [6.45, 7) is 1.30. The van der Waals surface area contributed by atoms with Crippen LogP contribution >= 0.6 is 0 Å². The van der Waals surface area contributed by atoms with Gasteiger partial charge in [-0.05, 0) is 73.4 Å². The molecule has 37 heavy (non-hydrogen) atoms. The Hall–Kier alpha value is -3.98. The Balaban J connectivity index is 1.20. The molecule has 0 bridgehead atoms. The van der Waals surface area contributed by atoms with Crippen LogP contribution in [0.5, 0.6) is 0 Å². The molecule has 0 spiro atoms. The first-order valence-corrected chi connectivity index (χ1v) is 14.0. The van der Waals surface area contributed by atoms with Crippen molar-refractivity contribution in [1.29, 1.82) is 0 Å². The van der Waals surface area contributed by atoms with Crippen LogP contribution in [0.3, 0.4) is 0 Å². The largest absolute Gasteiger partial charge is 0.322 e. The van der Waals surface area contributed by atoms with Gasteiger partial charge in [0, 0.05) is 36.3 Å². The summed E-state index contributed by atoms with van der Waals surface area (Å²) in [5.74, 6) is 1.50. The molecule has 8 nitrogen and oxygen atoms in total. The number of carbonyl (C=O) groups is 1. The summed E-state index contributed by atoms with van der Waals surface area (Å²) in [5, 5.41) is 11.6. The molecule has 0 saturated heterocycles. The smallest absolute Gasteiger partial charge is 0.264 e. The van der Waals surface area contributed by atoms with E-state index in [2.05, 4.69) is 20.1 Å². The Morgan fingerprint density at radius 1 is 0.838 bits per heavy atom. The van der Waals surface area contributed by atoms with Crippen LogP contribution in [0.25, 0.3) is 11.4 Å². The normalized spacial score (nSPS) is 15.1. The first-order chi connectivity index (χ1) is 18.0. The first kappa shape index (κ1) is 23.4. The zero-order valence-electron chi connectivity index (χ0n) is 20.3. The molecule has 1 N–H and O–H groups in total. The van der Waals surface area contributed by atoms with Crippen molar-refractivity contribution in [3.8, 4) is 11.4 Å². The van der Waals surface area contributed by atoms with Crippen molar-refractivity contribution in [2.24, 2.45) is 0 Å². The number of para-hydroxylation sites is 1. The lowest BCUT2D eigenvalue weighted by Crippen LogP contribution is -2.29. The van der Waals surface area contributed by atoms with E-state index >= 15 is 0 Å². The Bertz CT molecular complexity index is 1580. The number of fused-ring (bicyclic) bond motifs is 2. The van der Waals surface area contributed by atoms with E-state index in [0.717, 1.165) is 48.6 Å². The third-order valence-corrected chi connectivity index (χ3v) is 8.85. The number of amides is 1. The third-order valence-electron chi connectivity index (χ3n) is 7.04. The van der Waals surface area contributed by atoms with Crippen molar-refractivity contribution >= 4 is 27.3 Å². The molecule has 2 aliphatic heterocycles. The summed E-state index contributed by atoms with van der Waals surface area (Å²) in [5.41, 5.74) is 3.54. The van der Waals surface area contributed by atoms with Crippen LogP contribution in [0.2, 0.25) is 0 Å². The van der Waals surface area contributed by atoms with Gasteiger partial charge < -0.3 is 9.88 Å². The highest BCUT2D eigenvalue weighted by Crippen LogP contribution is 2.33. The molecule has 6 rings (SSSR count). The Kier molecular flexibility index (Phi) is 6.00. The van der Waals surface area contributed by atoms with Gasteiger partial charge in [0.25, 0.3) is 15.9 Å². The third kappa shape index (κ3) is 4.40. The van der Waals surface area contributed by atoms with Gasteiger partial charge in [0.2, 0.25) is 0 Å². The molecule has 4 aromatic rings. The van der Waals surface area contributed by atoms with E-state index in [-0.39, 0.29) is 16.4 Å². The summed E-state index contributed by atoms with van der Waals surface area (Å²) >= 11 is 0. The van der Waals surface area contributed by atoms with Crippen LogP contribution in [-0.2, 0) is 29.4 Å². The molecule has 0 fully saturated rings. The molecule has 0 radical (unpaired) electrons. The average Bonchev–Trinajstić information content (AvgIpc) is 3.47. The lowest BCUT2D eigenvalue weighted by Gasteiger charge is -2.20. The maximum absolute atomic E-state index is 13.4. The standard InChI is InChI=1S/C28H27N5O3S/c34-28(29-23-14-12-21(13-15-23)27-31-30-26-11-2-1-5-17-32(26)27)22-8-6-9-24(19-22)37(35,36)33-18-16-20-7-3-4-10-25(20)33/h3-4,6-10,12-15,19H,1-2,5,11,16-18H2,(H,29,34). The summed E-state index contributed by atoms with van der Waals surface area (Å²) in [6.07, 6.45) is 5.06. The van der Waals surface area contributed by atoms with Gasteiger partial charge in [0.15, 0.2) is 5.82 Å². The highest BCUT2D eigenvalue weighted by Gasteiger charge is 2.31. The van der Waals surface area contributed by atoms with Crippen molar-refractivity contribution in [1.82, 2.24) is 14.8 Å². The minimum absolute atomic E-state index is 0.0969. The Morgan fingerprint density at radius 3 is 2.54 bits per heavy atom. The highest BCUT2D eigenvalue weighted by atomic mass is 32.2. The predicted molar refractivity (Wildman–Crippen MR) is 142 cm³/mol. The number of benzene rings is 3. The summed E-state index contributed by atoms with van der Waals surface area (Å²) < 4.78 is 30.4. The lowest BCUT2D eigenvalue weighted by molar-refractivity contribution is 0.102. The summed E-state index contributed by atoms with van der Waals surface area (Å²) in [7, 11) is -3.78. The molecule has 9 heteroatoms. The van der Waals surface area contributed by atoms with Crippen molar-refractivity contribution in [3.63, 3.8) is 0 Å². The van der Waals surface area contributed by atoms with Crippen molar-refractivity contribution in [2.45, 2.75) is 43.5 Å². The van der Waals surface area contributed by atoms with Gasteiger partial charge in [-0.3, -0.25) is 9.10 Å². The second kappa shape index (κ2) is 9.48. The molecule has 0 unspecified atom stereocenters. The molecule has 3 heterocycles. The number of nitrogens with zero attached hydrogens (tertiary/aromatic N) is 4. The fraction of sp³-hybridized carbons (Fsp3) is 0.250. The fourth-order valence-electron chi connectivity index (χ4n) is 5.09. The Morgan fingerprint density at radius 2 is 1.68 bits per heavy atom. The summed E-state index contributed by atoms with van der Waals surface area (Å²) in [4.78, 5) is 13.1. The predicted octanol–water partition coefficient (Wildman–Crippen LogP) is 4.68. The van der Waals surface area contributed by atoms with Gasteiger partial charge in [0.1, 0.15) is 5.82 Å². The van der Waals surface area contributed by atoms with Crippen LogP contribution in [0, 0.1) is 0 Å². The van der Waals surface area contributed by atoms with Gasteiger partial charge in [-0.15, -0.1) is 10.2 Å². The van der Waals surface area contributed by atoms with Crippen LogP contribution in [0.4, 0.5) is 11.4 Å². The van der Waals surface area contributed by atoms with Gasteiger partial charge in [-0.2, -0.15) is 0 Å². The van der Waals surface area contributed by atoms with Gasteiger partial charge in [-0.25, -0.2) is 8.42 Å². The van der Waals surface area contributed by atoms with Gasteiger partial charge in [-0.1, -0.05) is 30.7 Å². The molecule has 1 amide bonds. The van der Waals surface area contributed by atoms with E-state index in [9.17, 15) is 13.2 Å². The molecule has 0 saturated carbocycles. The van der Waals surface area contributed by atoms with E-state index in [1.807, 2.05) is 48.5 Å². The second-order valence-corrected chi connectivity index (χ2v) is 11.3. The van der Waals surface area contributed by atoms with Crippen LogP contribution < -0.4 is 9.62 Å². The molecular formula is C28H27N5O3S. The van der Waals surface area contributed by atoms with E-state index in [1.165, 1.54) is 22.9 Å². The number of sulfonamides is 1. The zero-order valence-corrected chi connectivity index (χ0v) is 21.1. The lowest BCUT2D eigenvalue weighted by atomic mass is 10.1. The number of anilines is 2. The molecule has 1 aromatic heterocycles. The molecule has 0 aliphatic carbocycles. The monoisotopic (exact) mass is 513 g/mol. The SMILES string of the molecule is O=C(Nc1ccc(-c2nnc3n2CCCCC3)cc1)c1cccc(S(=O)(=O)N2CCc3ccccc32)c1. The topological polar surface area (TPSA) is 97.2 Å². The van der Waals surface area contributed by atoms with Crippen LogP contribution in [0.15, 0.2) is 77.7 Å². The minimum Gasteiger partial charge on any atom is -0.322 e. The number of nitrogens with one attached hydrogen (secondary N) is 1. The molecule has 0 atom stereocenters. The van der Waals surface area contributed by atoms with Crippen molar-refractivity contribution in [3.05, 3.63) is 89.7 Å². The second-order valence-electron chi connectivity index (χ2n) is 9.42. The fourth-order valence-corrected chi connectivity index (χ4v) is 6.64.